The summed E-state index contributed by atoms with van der Waals surface area (Å²) in [4.78, 5) is 0. The van der Waals surface area contributed by atoms with E-state index in [1.54, 1.807) is 0 Å². The van der Waals surface area contributed by atoms with Crippen LogP contribution in [0.5, 0.6) is 11.5 Å². The van der Waals surface area contributed by atoms with E-state index in [1.807, 2.05) is 0 Å². The van der Waals surface area contributed by atoms with E-state index in [0.717, 1.165) is 0 Å². The Balaban J connectivity index is 2.81. The zero-order valence-corrected chi connectivity index (χ0v) is 8.93. The predicted molar refractivity (Wildman–Crippen MR) is 54.1 cm³/mol. The van der Waals surface area contributed by atoms with Gasteiger partial charge >= 0.3 is 0 Å². The van der Waals surface area contributed by atoms with Crippen LogP contribution in [-0.2, 0) is 0 Å². The van der Waals surface area contributed by atoms with Crippen molar-refractivity contribution in [2.45, 2.75) is 6.92 Å². The SMILES string of the molecule is Cc1c(OCCF)ccc(OCCF)c1F. The molecular formula is C11H13F3O2. The van der Waals surface area contributed by atoms with E-state index >= 15 is 0 Å². The van der Waals surface area contributed by atoms with Crippen molar-refractivity contribution in [2.24, 2.45) is 0 Å². The minimum Gasteiger partial charge on any atom is -0.490 e. The molecule has 0 spiro atoms. The summed E-state index contributed by atoms with van der Waals surface area (Å²) in [5, 5.41) is 0. The van der Waals surface area contributed by atoms with Crippen molar-refractivity contribution >= 4 is 0 Å². The van der Waals surface area contributed by atoms with Gasteiger partial charge in [0.15, 0.2) is 11.6 Å². The molecule has 0 amide bonds. The molecule has 0 unspecified atom stereocenters. The standard InChI is InChI=1S/C11H13F3O2/c1-8-9(15-6-4-12)2-3-10(11(8)14)16-7-5-13/h2-3H,4-7H2,1H3. The molecule has 16 heavy (non-hydrogen) atoms. The molecule has 1 rings (SSSR count). The molecule has 1 aromatic carbocycles. The third-order valence-electron chi connectivity index (χ3n) is 1.97. The number of alkyl halides is 2. The monoisotopic (exact) mass is 234 g/mol. The molecule has 0 atom stereocenters. The second kappa shape index (κ2) is 6.25. The summed E-state index contributed by atoms with van der Waals surface area (Å²) in [6, 6.07) is 2.81. The number of benzene rings is 1. The van der Waals surface area contributed by atoms with E-state index < -0.39 is 19.2 Å². The van der Waals surface area contributed by atoms with E-state index in [-0.39, 0.29) is 30.3 Å². The van der Waals surface area contributed by atoms with Gasteiger partial charge in [0.25, 0.3) is 0 Å². The summed E-state index contributed by atoms with van der Waals surface area (Å²) in [6.07, 6.45) is 0. The average molecular weight is 234 g/mol. The first-order valence-electron chi connectivity index (χ1n) is 4.87. The Morgan fingerprint density at radius 3 is 2.06 bits per heavy atom. The van der Waals surface area contributed by atoms with Crippen LogP contribution in [0.25, 0.3) is 0 Å². The van der Waals surface area contributed by atoms with Crippen LogP contribution in [0.4, 0.5) is 13.2 Å². The summed E-state index contributed by atoms with van der Waals surface area (Å²) in [5.41, 5.74) is 0.227. The van der Waals surface area contributed by atoms with Gasteiger partial charge in [0.1, 0.15) is 32.3 Å². The van der Waals surface area contributed by atoms with Crippen LogP contribution < -0.4 is 9.47 Å². The van der Waals surface area contributed by atoms with Crippen molar-refractivity contribution in [3.8, 4) is 11.5 Å². The van der Waals surface area contributed by atoms with Crippen molar-refractivity contribution < 1.29 is 22.6 Å². The normalized spacial score (nSPS) is 10.2. The highest BCUT2D eigenvalue weighted by atomic mass is 19.1. The maximum atomic E-state index is 13.6. The van der Waals surface area contributed by atoms with Crippen LogP contribution in [0.2, 0.25) is 0 Å². The first kappa shape index (κ1) is 12.7. The molecule has 2 nitrogen and oxygen atoms in total. The van der Waals surface area contributed by atoms with Crippen molar-refractivity contribution in [1.82, 2.24) is 0 Å². The van der Waals surface area contributed by atoms with Gasteiger partial charge in [-0.05, 0) is 19.1 Å². The van der Waals surface area contributed by atoms with Gasteiger partial charge in [0, 0.05) is 5.56 Å². The van der Waals surface area contributed by atoms with E-state index in [1.165, 1.54) is 19.1 Å². The second-order valence-electron chi connectivity index (χ2n) is 3.08. The minimum absolute atomic E-state index is 0.0252. The third-order valence-corrected chi connectivity index (χ3v) is 1.97. The molecule has 0 saturated heterocycles. The first-order chi connectivity index (χ1) is 7.70. The Bertz CT molecular complexity index is 309. The van der Waals surface area contributed by atoms with Crippen molar-refractivity contribution in [1.29, 1.82) is 0 Å². The fraction of sp³-hybridized carbons (Fsp3) is 0.455. The molecule has 0 saturated carbocycles. The van der Waals surface area contributed by atoms with Crippen LogP contribution in [0, 0.1) is 12.7 Å². The van der Waals surface area contributed by atoms with Gasteiger partial charge in [-0.1, -0.05) is 0 Å². The number of halogens is 3. The maximum Gasteiger partial charge on any atom is 0.171 e. The molecule has 0 aliphatic carbocycles. The number of rotatable bonds is 6. The van der Waals surface area contributed by atoms with E-state index in [0.29, 0.717) is 0 Å². The van der Waals surface area contributed by atoms with Crippen LogP contribution in [-0.4, -0.2) is 26.6 Å². The zero-order valence-electron chi connectivity index (χ0n) is 8.93. The molecule has 0 aliphatic rings. The summed E-state index contributed by atoms with van der Waals surface area (Å²) in [6.45, 7) is -0.142. The van der Waals surface area contributed by atoms with Gasteiger partial charge in [-0.15, -0.1) is 0 Å². The Morgan fingerprint density at radius 1 is 1.00 bits per heavy atom. The van der Waals surface area contributed by atoms with Crippen molar-refractivity contribution in [2.75, 3.05) is 26.6 Å². The molecule has 0 fully saturated rings. The van der Waals surface area contributed by atoms with E-state index in [4.69, 9.17) is 9.47 Å². The minimum atomic E-state index is -0.682. The van der Waals surface area contributed by atoms with Crippen molar-refractivity contribution in [3.63, 3.8) is 0 Å². The Morgan fingerprint density at radius 2 is 1.50 bits per heavy atom. The first-order valence-corrected chi connectivity index (χ1v) is 4.87. The molecule has 0 aromatic heterocycles. The van der Waals surface area contributed by atoms with Crippen LogP contribution in [0.1, 0.15) is 5.56 Å². The summed E-state index contributed by atoms with van der Waals surface area (Å²) >= 11 is 0. The third kappa shape index (κ3) is 3.05. The fourth-order valence-corrected chi connectivity index (χ4v) is 1.21. The molecule has 0 heterocycles. The fourth-order valence-electron chi connectivity index (χ4n) is 1.21. The molecule has 0 aliphatic heterocycles. The van der Waals surface area contributed by atoms with Crippen LogP contribution in [0.15, 0.2) is 12.1 Å². The van der Waals surface area contributed by atoms with E-state index in [2.05, 4.69) is 0 Å². The van der Waals surface area contributed by atoms with E-state index in [9.17, 15) is 13.2 Å². The molecule has 0 bridgehead atoms. The quantitative estimate of drug-likeness (QED) is 0.753. The molecule has 0 N–H and O–H groups in total. The molecule has 1 aromatic rings. The molecule has 90 valence electrons. The van der Waals surface area contributed by atoms with Crippen LogP contribution in [0.3, 0.4) is 0 Å². The maximum absolute atomic E-state index is 13.6. The highest BCUT2D eigenvalue weighted by molar-refractivity contribution is 5.41. The number of hydrogen-bond donors (Lipinski definition) is 0. The summed E-state index contributed by atoms with van der Waals surface area (Å²) in [5.74, 6) is -0.365. The van der Waals surface area contributed by atoms with Crippen LogP contribution >= 0.6 is 0 Å². The Hall–Kier alpha value is -1.39. The summed E-state index contributed by atoms with van der Waals surface area (Å²) in [7, 11) is 0. The highest BCUT2D eigenvalue weighted by Crippen LogP contribution is 2.28. The van der Waals surface area contributed by atoms with Gasteiger partial charge in [-0.25, -0.2) is 13.2 Å². The lowest BCUT2D eigenvalue weighted by molar-refractivity contribution is 0.255. The Kier molecular flexibility index (Phi) is 4.95. The lowest BCUT2D eigenvalue weighted by atomic mass is 10.2. The Labute approximate surface area is 92.0 Å². The smallest absolute Gasteiger partial charge is 0.171 e. The number of ether oxygens (including phenoxy) is 2. The van der Waals surface area contributed by atoms with Gasteiger partial charge in [0.2, 0.25) is 0 Å². The second-order valence-corrected chi connectivity index (χ2v) is 3.08. The predicted octanol–water partition coefficient (Wildman–Crippen LogP) is 2.83. The highest BCUT2D eigenvalue weighted by Gasteiger charge is 2.11. The van der Waals surface area contributed by atoms with Gasteiger partial charge in [0.05, 0.1) is 0 Å². The lowest BCUT2D eigenvalue weighted by Gasteiger charge is -2.11. The zero-order chi connectivity index (χ0) is 12.0. The van der Waals surface area contributed by atoms with Gasteiger partial charge < -0.3 is 9.47 Å². The molecular weight excluding hydrogens is 221 g/mol. The average Bonchev–Trinajstić information content (AvgIpc) is 2.30. The van der Waals surface area contributed by atoms with Gasteiger partial charge in [-0.2, -0.15) is 0 Å². The lowest BCUT2D eigenvalue weighted by Crippen LogP contribution is -2.04. The summed E-state index contributed by atoms with van der Waals surface area (Å²) < 4.78 is 47.1. The van der Waals surface area contributed by atoms with Gasteiger partial charge in [-0.3, -0.25) is 0 Å². The largest absolute Gasteiger partial charge is 0.490 e. The molecule has 0 radical (unpaired) electrons. The topological polar surface area (TPSA) is 18.5 Å². The van der Waals surface area contributed by atoms with Crippen molar-refractivity contribution in [3.05, 3.63) is 23.5 Å². The number of hydrogen-bond acceptors (Lipinski definition) is 2. The molecule has 5 heteroatoms.